The van der Waals surface area contributed by atoms with Gasteiger partial charge >= 0.3 is 29.8 Å². The summed E-state index contributed by atoms with van der Waals surface area (Å²) in [4.78, 5) is 183. The standard InChI is InChI=1S/2C22H17FN2O5.2C21H14ClFN2O4.C21H13F3N2O4/c1-30-13-10-11-15(21(27)24-18-9-5-3-7-16(18)22(28)29)19(12-13)25-20(26)14-6-2-4-8-17(14)23;1-30-13-10-11-19(25-20(26)14-6-2-4-8-17(14)23)16(12-13)21(27)24-18-9-5-3-7-15(18)22(28)29;22-12-9-10-14(20(27)24-17-8-4-2-6-15(17)21(28)29)18(11-12)25-19(26)13-5-1-3-7-16(13)23;22-12-9-10-18(25-19(26)13-5-1-3-7-16(13)23)15(11-12)20(27)24-17-8-4-2-6-14(17)21(28)29;22-14-7-3-1-5-11(14)19(27)26-18-10-16(24)15(23)9-13(18)20(28)25-17-8-4-2-6-12(17)21(29)30/h2*2-12H,1H3,(H,24,27)(H,25,26)(H,28,29);2*1-11H,(H,24,27)(H,25,26)(H,28,29);1-10H,(H,25,28)(H,26,27)(H,29,30). The molecule has 0 bridgehead atoms. The van der Waals surface area contributed by atoms with E-state index in [-0.39, 0.29) is 139 Å². The number of carboxylic acid groups (broad SMARTS) is 5. The van der Waals surface area contributed by atoms with Crippen LogP contribution in [-0.2, 0) is 0 Å². The number of hydrogen-bond acceptors (Lipinski definition) is 17. The normalized spacial score (nSPS) is 10.3. The van der Waals surface area contributed by atoms with E-state index in [1.807, 2.05) is 0 Å². The molecule has 0 spiro atoms. The summed E-state index contributed by atoms with van der Waals surface area (Å²) in [6.07, 6.45) is 0. The number of hydrogen-bond donors (Lipinski definition) is 15. The van der Waals surface area contributed by atoms with Gasteiger partial charge in [0.15, 0.2) is 11.6 Å². The second-order valence-electron chi connectivity index (χ2n) is 30.2. The topological polar surface area (TPSA) is 496 Å². The van der Waals surface area contributed by atoms with Crippen LogP contribution >= 0.6 is 23.2 Å². The third-order valence-corrected chi connectivity index (χ3v) is 21.0. The van der Waals surface area contributed by atoms with Crippen LogP contribution in [0.4, 0.5) is 87.6 Å². The Kier molecular flexibility index (Phi) is 37.3. The molecule has 0 aliphatic carbocycles. The summed E-state index contributed by atoms with van der Waals surface area (Å²) in [5, 5.41) is 71.2. The molecular formula is C107H75Cl2F7N10O22. The van der Waals surface area contributed by atoms with Gasteiger partial charge in [0.25, 0.3) is 59.1 Å². The molecule has 148 heavy (non-hydrogen) atoms. The molecule has 748 valence electrons. The van der Waals surface area contributed by atoms with E-state index in [1.165, 1.54) is 275 Å². The zero-order valence-corrected chi connectivity index (χ0v) is 77.8. The SMILES string of the molecule is COc1ccc(C(=O)Nc2ccccc2C(=O)O)c(NC(=O)c2ccccc2F)c1.COc1ccc(NC(=O)c2ccccc2F)c(C(=O)Nc2ccccc2C(=O)O)c1.O=C(Nc1cc(Cl)ccc1C(=O)Nc1ccccc1C(=O)O)c1ccccc1F.O=C(Nc1cc(F)c(F)cc1C(=O)Nc1ccccc1C(=O)O)c1ccccc1F.O=C(Nc1ccc(Cl)cc1C(=O)Nc1ccccc1C(=O)O)c1ccccc1F. The van der Waals surface area contributed by atoms with Crippen molar-refractivity contribution in [2.45, 2.75) is 0 Å². The third-order valence-electron chi connectivity index (χ3n) is 20.6. The maximum Gasteiger partial charge on any atom is 0.337 e. The summed E-state index contributed by atoms with van der Waals surface area (Å²) >= 11 is 12.0. The van der Waals surface area contributed by atoms with E-state index >= 15 is 0 Å². The van der Waals surface area contributed by atoms with Crippen molar-refractivity contribution in [3.8, 4) is 11.5 Å². The first-order valence-corrected chi connectivity index (χ1v) is 43.5. The van der Waals surface area contributed by atoms with Crippen LogP contribution in [0.3, 0.4) is 0 Å². The van der Waals surface area contributed by atoms with Crippen molar-refractivity contribution in [1.29, 1.82) is 0 Å². The average Bonchev–Trinajstić information content (AvgIpc) is 0.809. The maximum absolute atomic E-state index is 13.9. The fourth-order valence-corrected chi connectivity index (χ4v) is 13.7. The Labute approximate surface area is 842 Å². The molecule has 0 radical (unpaired) electrons. The number of aromatic carboxylic acids is 5. The second-order valence-corrected chi connectivity index (χ2v) is 31.1. The second kappa shape index (κ2) is 50.9. The first-order chi connectivity index (χ1) is 70.8. The minimum Gasteiger partial charge on any atom is -0.497 e. The number of carbonyl (C=O) groups excluding carboxylic acids is 10. The highest BCUT2D eigenvalue weighted by Gasteiger charge is 2.28. The number of anilines is 10. The van der Waals surface area contributed by atoms with Gasteiger partial charge < -0.3 is 88.2 Å². The van der Waals surface area contributed by atoms with Crippen LogP contribution in [0.25, 0.3) is 0 Å². The fraction of sp³-hybridized carbons (Fsp3) is 0.0187. The molecule has 0 fully saturated rings. The van der Waals surface area contributed by atoms with E-state index in [9.17, 15) is 128 Å². The number of ether oxygens (including phenoxy) is 2. The Morgan fingerprint density at radius 2 is 0.372 bits per heavy atom. The first kappa shape index (κ1) is 108. The number of halogens is 9. The van der Waals surface area contributed by atoms with Gasteiger partial charge in [0.05, 0.1) is 155 Å². The van der Waals surface area contributed by atoms with E-state index in [0.717, 1.165) is 30.3 Å². The van der Waals surface area contributed by atoms with Gasteiger partial charge in [-0.1, -0.05) is 145 Å². The molecule has 15 N–H and O–H groups in total. The lowest BCUT2D eigenvalue weighted by atomic mass is 10.1. The van der Waals surface area contributed by atoms with Gasteiger partial charge in [0.2, 0.25) is 0 Å². The largest absolute Gasteiger partial charge is 0.497 e. The van der Waals surface area contributed by atoms with Gasteiger partial charge in [-0.3, -0.25) is 47.9 Å². The zero-order chi connectivity index (χ0) is 107. The summed E-state index contributed by atoms with van der Waals surface area (Å²) in [6.45, 7) is 0. The van der Waals surface area contributed by atoms with Crippen molar-refractivity contribution in [3.05, 3.63) is 462 Å². The van der Waals surface area contributed by atoms with E-state index in [2.05, 4.69) is 53.2 Å². The van der Waals surface area contributed by atoms with Gasteiger partial charge in [-0.25, -0.2) is 54.7 Å². The summed E-state index contributed by atoms with van der Waals surface area (Å²) < 4.78 is 107. The Hall–Kier alpha value is -20.0. The molecule has 0 saturated heterocycles. The third kappa shape index (κ3) is 28.7. The number of amides is 10. The van der Waals surface area contributed by atoms with Crippen molar-refractivity contribution in [2.75, 3.05) is 67.4 Å². The molecular weight excluding hydrogens is 1980 g/mol. The quantitative estimate of drug-likeness (QED) is 0.0213. The Morgan fingerprint density at radius 1 is 0.182 bits per heavy atom. The fourth-order valence-electron chi connectivity index (χ4n) is 13.4. The van der Waals surface area contributed by atoms with Crippen LogP contribution < -0.4 is 62.6 Å². The maximum atomic E-state index is 13.9. The molecule has 15 aromatic rings. The van der Waals surface area contributed by atoms with Gasteiger partial charge in [-0.05, 0) is 194 Å². The highest BCUT2D eigenvalue weighted by molar-refractivity contribution is 6.32. The lowest BCUT2D eigenvalue weighted by Crippen LogP contribution is -2.20. The molecule has 32 nitrogen and oxygen atoms in total. The number of carbonyl (C=O) groups is 15. The van der Waals surface area contributed by atoms with Crippen LogP contribution in [0.5, 0.6) is 11.5 Å². The van der Waals surface area contributed by atoms with Gasteiger partial charge in [-0.15, -0.1) is 0 Å². The van der Waals surface area contributed by atoms with Gasteiger partial charge in [-0.2, -0.15) is 0 Å². The Bertz CT molecular complexity index is 7740. The lowest BCUT2D eigenvalue weighted by Gasteiger charge is -2.14. The summed E-state index contributed by atoms with van der Waals surface area (Å²) in [5.74, 6) is -19.5. The molecule has 0 heterocycles. The molecule has 15 aromatic carbocycles. The first-order valence-electron chi connectivity index (χ1n) is 42.7. The minimum absolute atomic E-state index is 0.0117. The van der Waals surface area contributed by atoms with E-state index in [0.29, 0.717) is 23.6 Å². The smallest absolute Gasteiger partial charge is 0.337 e. The lowest BCUT2D eigenvalue weighted by molar-refractivity contribution is 0.0687. The van der Waals surface area contributed by atoms with Gasteiger partial charge in [0.1, 0.15) is 40.6 Å². The van der Waals surface area contributed by atoms with Crippen molar-refractivity contribution in [2.24, 2.45) is 0 Å². The van der Waals surface area contributed by atoms with Gasteiger partial charge in [0, 0.05) is 22.2 Å². The zero-order valence-electron chi connectivity index (χ0n) is 76.3. The van der Waals surface area contributed by atoms with Crippen molar-refractivity contribution < 1.29 is 138 Å². The van der Waals surface area contributed by atoms with Crippen LogP contribution in [0.15, 0.2) is 328 Å². The predicted octanol–water partition coefficient (Wildman–Crippen LogP) is 21.7. The van der Waals surface area contributed by atoms with E-state index < -0.39 is 141 Å². The van der Waals surface area contributed by atoms with Crippen LogP contribution in [0.2, 0.25) is 10.0 Å². The monoisotopic (exact) mass is 2050 g/mol. The number of benzene rings is 15. The summed E-state index contributed by atoms with van der Waals surface area (Å²) in [6, 6.07) is 73.9. The summed E-state index contributed by atoms with van der Waals surface area (Å²) in [5.41, 5.74) is -1.99. The molecule has 0 aromatic heterocycles. The van der Waals surface area contributed by atoms with Crippen LogP contribution in [-0.4, -0.2) is 129 Å². The molecule has 15 rings (SSSR count). The van der Waals surface area contributed by atoms with Crippen molar-refractivity contribution in [1.82, 2.24) is 0 Å². The molecule has 0 unspecified atom stereocenters. The van der Waals surface area contributed by atoms with E-state index in [1.54, 1.807) is 24.3 Å². The highest BCUT2D eigenvalue weighted by Crippen LogP contribution is 2.33. The van der Waals surface area contributed by atoms with E-state index in [4.69, 9.17) is 32.7 Å². The molecule has 0 aliphatic heterocycles. The van der Waals surface area contributed by atoms with Crippen LogP contribution in [0.1, 0.15) is 155 Å². The molecule has 10 amide bonds. The predicted molar refractivity (Wildman–Crippen MR) is 534 cm³/mol. The number of rotatable bonds is 27. The van der Waals surface area contributed by atoms with Crippen LogP contribution in [0, 0.1) is 40.7 Å². The number of para-hydroxylation sites is 5. The molecule has 41 heteroatoms. The average molecular weight is 2060 g/mol. The number of nitrogens with one attached hydrogen (secondary N) is 10. The number of carboxylic acids is 5. The number of methoxy groups -OCH3 is 2. The molecule has 0 saturated carbocycles. The summed E-state index contributed by atoms with van der Waals surface area (Å²) in [7, 11) is 2.83. The van der Waals surface area contributed by atoms with Crippen molar-refractivity contribution in [3.63, 3.8) is 0 Å². The molecule has 0 atom stereocenters. The highest BCUT2D eigenvalue weighted by atomic mass is 35.5. The molecule has 0 aliphatic rings. The van der Waals surface area contributed by atoms with Crippen molar-refractivity contribution >= 4 is 169 Å². The Morgan fingerprint density at radius 3 is 0.662 bits per heavy atom. The Balaban J connectivity index is 0.000000176. The minimum atomic E-state index is -1.37.